The Hall–Kier alpha value is -6.58. The number of oxime groups is 1. The monoisotopic (exact) mass is 1050 g/mol. The fourth-order valence-electron chi connectivity index (χ4n) is 6.26. The van der Waals surface area contributed by atoms with Gasteiger partial charge in [-0.1, -0.05) is 5.16 Å². The van der Waals surface area contributed by atoms with Gasteiger partial charge in [0.2, 0.25) is 5.62 Å². The number of benzene rings is 1. The van der Waals surface area contributed by atoms with E-state index < -0.39 is 98.9 Å². The Kier molecular flexibility index (Phi) is 18.1. The van der Waals surface area contributed by atoms with E-state index in [-0.39, 0.29) is 28.7 Å². The Morgan fingerprint density at radius 2 is 1.46 bits per heavy atom. The molecule has 72 heavy (non-hydrogen) atoms. The number of β-lactam (4-membered cyclic amide) rings is 1. The third-order valence-corrected chi connectivity index (χ3v) is 10.3. The summed E-state index contributed by atoms with van der Waals surface area (Å²) in [6.07, 6.45) is -1.62. The van der Waals surface area contributed by atoms with E-state index in [0.717, 1.165) is 11.3 Å². The first-order chi connectivity index (χ1) is 32.9. The van der Waals surface area contributed by atoms with Crippen molar-refractivity contribution in [3.63, 3.8) is 0 Å². The van der Waals surface area contributed by atoms with Crippen molar-refractivity contribution in [3.8, 4) is 17.0 Å². The molecule has 1 fully saturated rings. The van der Waals surface area contributed by atoms with Gasteiger partial charge in [0.05, 0.1) is 11.2 Å². The molecule has 0 spiro atoms. The Labute approximate surface area is 421 Å². The Bertz CT molecular complexity index is 2700. The molecule has 2 unspecified atom stereocenters. The predicted octanol–water partition coefficient (Wildman–Crippen LogP) is 5.40. The third kappa shape index (κ3) is 17.6. The van der Waals surface area contributed by atoms with Gasteiger partial charge >= 0.3 is 34.6 Å². The van der Waals surface area contributed by atoms with Crippen LogP contribution in [0.4, 0.5) is 19.5 Å². The lowest BCUT2D eigenvalue weighted by atomic mass is 9.84. The first-order valence-corrected chi connectivity index (χ1v) is 24.6. The average molecular weight is 1050 g/mol. The lowest BCUT2D eigenvalue weighted by Gasteiger charge is -2.50. The van der Waals surface area contributed by atoms with Crippen molar-refractivity contribution in [1.29, 1.82) is 0 Å². The number of amides is 5. The van der Waals surface area contributed by atoms with Gasteiger partial charge in [0, 0.05) is 31.7 Å². The van der Waals surface area contributed by atoms with Crippen molar-refractivity contribution in [2.45, 2.75) is 150 Å². The van der Waals surface area contributed by atoms with E-state index in [1.54, 1.807) is 130 Å². The van der Waals surface area contributed by atoms with E-state index in [0.29, 0.717) is 29.3 Å². The number of hydrogen-bond donors (Lipinski definition) is 4. The van der Waals surface area contributed by atoms with Crippen LogP contribution in [0.1, 0.15) is 109 Å². The van der Waals surface area contributed by atoms with Crippen LogP contribution in [0.25, 0.3) is 11.3 Å². The van der Waals surface area contributed by atoms with Gasteiger partial charge in [-0.15, -0.1) is 20.6 Å². The maximum atomic E-state index is 14.0. The number of nitrogens with zero attached hydrogens (tertiary/aromatic N) is 6. The lowest BCUT2D eigenvalue weighted by Crippen LogP contribution is -2.76. The van der Waals surface area contributed by atoms with Gasteiger partial charge in [0.25, 0.3) is 17.9 Å². The van der Waals surface area contributed by atoms with Crippen LogP contribution in [0.5, 0.6) is 5.75 Å². The Morgan fingerprint density at radius 3 is 2.01 bits per heavy atom. The van der Waals surface area contributed by atoms with Crippen molar-refractivity contribution in [1.82, 2.24) is 29.8 Å². The van der Waals surface area contributed by atoms with E-state index in [9.17, 15) is 41.7 Å². The largest absolute Gasteiger partial charge is 0.489 e. The number of carbonyl (C=O) groups excluding carboxylic acids is 6. The number of carbonyl (C=O) groups is 6. The highest BCUT2D eigenvalue weighted by Crippen LogP contribution is 2.33. The molecular weight excluding hydrogens is 987 g/mol. The number of esters is 1. The highest BCUT2D eigenvalue weighted by atomic mass is 32.3. The minimum absolute atomic E-state index is 0.0330. The molecule has 27 heteroatoms. The number of hydroxylamine groups is 2. The molecular formula is C45H65N9O16S2. The molecule has 0 saturated carbocycles. The highest BCUT2D eigenvalue weighted by molar-refractivity contribution is 7.80. The second kappa shape index (κ2) is 22.5. The number of rotatable bonds is 17. The summed E-state index contributed by atoms with van der Waals surface area (Å²) in [6, 6.07) is 5.23. The molecule has 1 aromatic carbocycles. The van der Waals surface area contributed by atoms with Gasteiger partial charge in [0.1, 0.15) is 46.5 Å². The normalized spacial score (nSPS) is 16.0. The van der Waals surface area contributed by atoms with Gasteiger partial charge in [-0.3, -0.25) is 19.5 Å². The molecule has 1 aliphatic heterocycles. The number of imidazole rings is 1. The molecule has 0 radical (unpaired) electrons. The van der Waals surface area contributed by atoms with Crippen LogP contribution >= 0.6 is 11.3 Å². The van der Waals surface area contributed by atoms with Gasteiger partial charge < -0.3 is 48.3 Å². The predicted molar refractivity (Wildman–Crippen MR) is 260 cm³/mol. The fourth-order valence-corrected chi connectivity index (χ4v) is 7.39. The van der Waals surface area contributed by atoms with Crippen LogP contribution in [0.15, 0.2) is 46.0 Å². The van der Waals surface area contributed by atoms with Gasteiger partial charge in [-0.05, 0) is 133 Å². The zero-order chi connectivity index (χ0) is 54.4. The van der Waals surface area contributed by atoms with E-state index in [1.807, 2.05) is 0 Å². The van der Waals surface area contributed by atoms with Crippen LogP contribution in [-0.4, -0.2) is 127 Å². The molecule has 0 aliphatic carbocycles. The van der Waals surface area contributed by atoms with E-state index >= 15 is 0 Å². The number of thiazole rings is 1. The first kappa shape index (κ1) is 58.0. The molecule has 5 amide bonds. The lowest BCUT2D eigenvalue weighted by molar-refractivity contribution is -0.218. The molecule has 1 aliphatic rings. The molecule has 4 N–H and O–H groups in total. The van der Waals surface area contributed by atoms with E-state index in [1.165, 1.54) is 19.2 Å². The van der Waals surface area contributed by atoms with Crippen LogP contribution in [0.3, 0.4) is 0 Å². The second-order valence-corrected chi connectivity index (χ2v) is 22.6. The number of hydrogen-bond acceptors (Lipinski definition) is 18. The van der Waals surface area contributed by atoms with Crippen LogP contribution in [-0.2, 0) is 66.4 Å². The fraction of sp³-hybridized carbons (Fsp3) is 0.578. The summed E-state index contributed by atoms with van der Waals surface area (Å²) >= 11 is 0.872. The number of aryl methyl sites for hydroxylation is 1. The molecule has 0 bridgehead atoms. The number of aromatic nitrogens is 3. The maximum Gasteiger partial charge on any atom is 0.437 e. The van der Waals surface area contributed by atoms with E-state index in [2.05, 4.69) is 35.4 Å². The van der Waals surface area contributed by atoms with E-state index in [4.69, 9.17) is 28.5 Å². The Balaban J connectivity index is 1.63. The van der Waals surface area contributed by atoms with Crippen molar-refractivity contribution in [3.05, 3.63) is 47.2 Å². The summed E-state index contributed by atoms with van der Waals surface area (Å²) in [5.41, 5.74) is -4.10. The van der Waals surface area contributed by atoms with Crippen LogP contribution in [0, 0.1) is 0 Å². The molecule has 2 atom stereocenters. The van der Waals surface area contributed by atoms with Gasteiger partial charge in [0.15, 0.2) is 10.8 Å². The number of nitrogens with one attached hydrogen (secondary N) is 3. The van der Waals surface area contributed by atoms with Crippen LogP contribution in [0.2, 0.25) is 0 Å². The number of alkyl carbamates (subject to hydrolysis) is 1. The summed E-state index contributed by atoms with van der Waals surface area (Å²) in [5, 5.41) is 13.2. The summed E-state index contributed by atoms with van der Waals surface area (Å²) in [4.78, 5) is 92.4. The topological polar surface area (TPSA) is 308 Å². The molecule has 2 aromatic heterocycles. The molecule has 3 heterocycles. The smallest absolute Gasteiger partial charge is 0.437 e. The zero-order valence-corrected chi connectivity index (χ0v) is 44.7. The number of anilines is 1. The van der Waals surface area contributed by atoms with Crippen LogP contribution < -0.4 is 26.3 Å². The first-order valence-electron chi connectivity index (χ1n) is 22.4. The molecule has 25 nitrogen and oxygen atoms in total. The number of ether oxygens (including phenoxy) is 5. The molecule has 3 aromatic rings. The minimum atomic E-state index is -5.11. The maximum absolute atomic E-state index is 14.0. The van der Waals surface area contributed by atoms with Crippen molar-refractivity contribution < 1.29 is 74.5 Å². The third-order valence-electron chi connectivity index (χ3n) is 9.21. The van der Waals surface area contributed by atoms with Crippen molar-refractivity contribution >= 4 is 68.6 Å². The Morgan fingerprint density at radius 1 is 0.875 bits per heavy atom. The summed E-state index contributed by atoms with van der Waals surface area (Å²) < 4.78 is 67.5. The SMILES string of the molecule is Cn1c(-c2ccc(OCC(O/N=C(\C(=O)NC3C(=O)N(OS(=O)(=O)O)C3(C)C)c3csc(NC(=O)OC(C)(C)C)n3)C(=O)OC(C)(C)C)cc2)cn(CCCNC(=O)OC(C)(C)C)c1=NC(=O)OC(C)(C)C. The van der Waals surface area contributed by atoms with Crippen molar-refractivity contribution in [2.75, 3.05) is 18.5 Å². The summed E-state index contributed by atoms with van der Waals surface area (Å²) in [5.74, 6) is -2.83. The van der Waals surface area contributed by atoms with Gasteiger partial charge in [-0.2, -0.15) is 13.5 Å². The minimum Gasteiger partial charge on any atom is -0.489 e. The average Bonchev–Trinajstić information content (AvgIpc) is 3.78. The standard InChI is InChI=1S/C45H65N9O16S2/c1-41(2,3)65-35(57)30(69-51-31(28-25-71-36(47-28)49-39(59)67-43(7,8)9)33(55)48-32-34(56)54(45(32,13)14)70-72(61,62)63)24-64-27-19-17-26(18-20-27)29-23-53(22-16-21-46-38(58)66-42(4,5)6)37(52(29)15)50-40(60)68-44(10,11)12/h17-20,23,25,30,32H,16,21-22,24H2,1-15H3,(H,46,58)(H,48,55)(H,47,49,59)(H,61,62,63)/b50-37?,51-31-. The quantitative estimate of drug-likeness (QED) is 0.0250. The molecule has 398 valence electrons. The van der Waals surface area contributed by atoms with Crippen molar-refractivity contribution in [2.24, 2.45) is 17.2 Å². The highest BCUT2D eigenvalue weighted by Gasteiger charge is 2.58. The summed E-state index contributed by atoms with van der Waals surface area (Å²) in [6.45, 7) is 23.0. The second-order valence-electron chi connectivity index (χ2n) is 20.7. The molecule has 4 rings (SSSR count). The zero-order valence-electron chi connectivity index (χ0n) is 43.0. The summed E-state index contributed by atoms with van der Waals surface area (Å²) in [7, 11) is -3.39. The molecule has 1 saturated heterocycles. The van der Waals surface area contributed by atoms with Gasteiger partial charge in [-0.25, -0.2) is 24.2 Å².